The average Bonchev–Trinajstić information content (AvgIpc) is 2.46. The number of methoxy groups -OCH3 is 1. The normalized spacial score (nSPS) is 10.0. The number of anilines is 1. The molecular formula is C15H13BrClNO3. The summed E-state index contributed by atoms with van der Waals surface area (Å²) in [7, 11) is 1.53. The van der Waals surface area contributed by atoms with Crippen molar-refractivity contribution in [3.8, 4) is 11.5 Å². The Hall–Kier alpha value is -1.72. The lowest BCUT2D eigenvalue weighted by Gasteiger charge is -2.10. The molecule has 1 N–H and O–H groups in total. The van der Waals surface area contributed by atoms with Crippen LogP contribution in [-0.4, -0.2) is 19.6 Å². The number of benzene rings is 2. The Kier molecular flexibility index (Phi) is 5.47. The van der Waals surface area contributed by atoms with E-state index in [4.69, 9.17) is 21.1 Å². The molecule has 1 amide bonds. The molecule has 0 aliphatic heterocycles. The Labute approximate surface area is 136 Å². The smallest absolute Gasteiger partial charge is 0.262 e. The van der Waals surface area contributed by atoms with Crippen molar-refractivity contribution in [2.24, 2.45) is 0 Å². The highest BCUT2D eigenvalue weighted by atomic mass is 79.9. The van der Waals surface area contributed by atoms with Crippen molar-refractivity contribution >= 4 is 39.1 Å². The van der Waals surface area contributed by atoms with E-state index in [0.717, 1.165) is 4.47 Å². The van der Waals surface area contributed by atoms with Gasteiger partial charge in [-0.3, -0.25) is 4.79 Å². The number of hydrogen-bond donors (Lipinski definition) is 1. The van der Waals surface area contributed by atoms with Gasteiger partial charge in [-0.15, -0.1) is 0 Å². The second kappa shape index (κ2) is 7.33. The minimum atomic E-state index is -0.271. The zero-order valence-corrected chi connectivity index (χ0v) is 13.6. The summed E-state index contributed by atoms with van der Waals surface area (Å²) in [6.07, 6.45) is 0. The summed E-state index contributed by atoms with van der Waals surface area (Å²) in [6, 6.07) is 12.3. The lowest BCUT2D eigenvalue weighted by Crippen LogP contribution is -2.20. The minimum Gasteiger partial charge on any atom is -0.495 e. The Morgan fingerprint density at radius 2 is 2.00 bits per heavy atom. The summed E-state index contributed by atoms with van der Waals surface area (Å²) < 4.78 is 11.3. The largest absolute Gasteiger partial charge is 0.495 e. The summed E-state index contributed by atoms with van der Waals surface area (Å²) in [4.78, 5) is 11.8. The Balaban J connectivity index is 1.93. The molecule has 0 unspecified atom stereocenters. The van der Waals surface area contributed by atoms with E-state index in [0.29, 0.717) is 22.2 Å². The van der Waals surface area contributed by atoms with Crippen molar-refractivity contribution in [2.75, 3.05) is 19.0 Å². The van der Waals surface area contributed by atoms with Gasteiger partial charge in [-0.25, -0.2) is 0 Å². The first-order valence-corrected chi connectivity index (χ1v) is 7.28. The molecule has 0 aliphatic carbocycles. The van der Waals surface area contributed by atoms with Crippen molar-refractivity contribution in [2.45, 2.75) is 0 Å². The molecule has 0 radical (unpaired) electrons. The molecule has 2 rings (SSSR count). The highest BCUT2D eigenvalue weighted by Gasteiger charge is 2.07. The van der Waals surface area contributed by atoms with Gasteiger partial charge >= 0.3 is 0 Å². The quantitative estimate of drug-likeness (QED) is 0.861. The first-order chi connectivity index (χ1) is 10.1. The van der Waals surface area contributed by atoms with Crippen molar-refractivity contribution in [1.29, 1.82) is 0 Å². The van der Waals surface area contributed by atoms with Crippen LogP contribution in [0.3, 0.4) is 0 Å². The van der Waals surface area contributed by atoms with Gasteiger partial charge in [-0.1, -0.05) is 23.7 Å². The number of nitrogens with one attached hydrogen (secondary N) is 1. The van der Waals surface area contributed by atoms with Crippen LogP contribution in [-0.2, 0) is 4.79 Å². The Bertz CT molecular complexity index is 649. The van der Waals surface area contributed by atoms with Gasteiger partial charge in [0.2, 0.25) is 0 Å². The molecular weight excluding hydrogens is 358 g/mol. The molecule has 0 bridgehead atoms. The van der Waals surface area contributed by atoms with Crippen molar-refractivity contribution in [1.82, 2.24) is 0 Å². The highest BCUT2D eigenvalue weighted by molar-refractivity contribution is 9.10. The third kappa shape index (κ3) is 4.37. The van der Waals surface area contributed by atoms with Gasteiger partial charge < -0.3 is 14.8 Å². The molecule has 0 atom stereocenters. The van der Waals surface area contributed by atoms with E-state index in [-0.39, 0.29) is 12.5 Å². The maximum atomic E-state index is 11.8. The molecule has 6 heteroatoms. The van der Waals surface area contributed by atoms with E-state index in [1.807, 2.05) is 18.2 Å². The van der Waals surface area contributed by atoms with Gasteiger partial charge in [-0.2, -0.15) is 0 Å². The summed E-state index contributed by atoms with van der Waals surface area (Å²) >= 11 is 9.34. The Morgan fingerprint density at radius 3 is 2.67 bits per heavy atom. The lowest BCUT2D eigenvalue weighted by atomic mass is 10.3. The molecule has 0 fully saturated rings. The van der Waals surface area contributed by atoms with Crippen LogP contribution < -0.4 is 14.8 Å². The fourth-order valence-corrected chi connectivity index (χ4v) is 2.30. The number of ether oxygens (including phenoxy) is 2. The number of halogens is 2. The van der Waals surface area contributed by atoms with Crippen LogP contribution in [0.5, 0.6) is 11.5 Å². The first kappa shape index (κ1) is 15.7. The third-order valence-corrected chi connectivity index (χ3v) is 3.58. The van der Waals surface area contributed by atoms with Crippen LogP contribution in [0.2, 0.25) is 5.02 Å². The van der Waals surface area contributed by atoms with E-state index >= 15 is 0 Å². The minimum absolute atomic E-state index is 0.0910. The van der Waals surface area contributed by atoms with Crippen LogP contribution in [0.4, 0.5) is 5.69 Å². The molecule has 2 aromatic carbocycles. The second-order valence-electron chi connectivity index (χ2n) is 4.12. The molecule has 0 heterocycles. The molecule has 0 saturated carbocycles. The van der Waals surface area contributed by atoms with Gasteiger partial charge in [0.05, 0.1) is 16.6 Å². The number of hydrogen-bond acceptors (Lipinski definition) is 3. The molecule has 0 saturated heterocycles. The standard InChI is InChI=1S/C15H13BrClNO3/c1-20-14-7-6-10(8-12(14)17)18-15(19)9-21-13-5-3-2-4-11(13)16/h2-8H,9H2,1H3,(H,18,19). The lowest BCUT2D eigenvalue weighted by molar-refractivity contribution is -0.118. The molecule has 21 heavy (non-hydrogen) atoms. The maximum absolute atomic E-state index is 11.8. The molecule has 0 aliphatic rings. The fourth-order valence-electron chi connectivity index (χ4n) is 1.65. The second-order valence-corrected chi connectivity index (χ2v) is 5.38. The van der Waals surface area contributed by atoms with Gasteiger partial charge in [0, 0.05) is 5.69 Å². The van der Waals surface area contributed by atoms with Crippen LogP contribution >= 0.6 is 27.5 Å². The van der Waals surface area contributed by atoms with Crippen molar-refractivity contribution in [3.05, 3.63) is 52.0 Å². The van der Waals surface area contributed by atoms with Crippen molar-refractivity contribution < 1.29 is 14.3 Å². The van der Waals surface area contributed by atoms with E-state index < -0.39 is 0 Å². The predicted octanol–water partition coefficient (Wildman–Crippen LogP) is 4.13. The average molecular weight is 371 g/mol. The van der Waals surface area contributed by atoms with Crippen LogP contribution in [0, 0.1) is 0 Å². The monoisotopic (exact) mass is 369 g/mol. The number of carbonyl (C=O) groups is 1. The number of para-hydroxylation sites is 1. The SMILES string of the molecule is COc1ccc(NC(=O)COc2ccccc2Br)cc1Cl. The van der Waals surface area contributed by atoms with Gasteiger partial charge in [0.25, 0.3) is 5.91 Å². The van der Waals surface area contributed by atoms with E-state index in [1.54, 1.807) is 24.3 Å². The zero-order valence-electron chi connectivity index (χ0n) is 11.2. The first-order valence-electron chi connectivity index (χ1n) is 6.11. The molecule has 110 valence electrons. The van der Waals surface area contributed by atoms with E-state index in [1.165, 1.54) is 7.11 Å². The van der Waals surface area contributed by atoms with Crippen molar-refractivity contribution in [3.63, 3.8) is 0 Å². The van der Waals surface area contributed by atoms with Gasteiger partial charge in [-0.05, 0) is 46.3 Å². The third-order valence-electron chi connectivity index (χ3n) is 2.63. The molecule has 0 spiro atoms. The zero-order chi connectivity index (χ0) is 15.2. The highest BCUT2D eigenvalue weighted by Crippen LogP contribution is 2.27. The van der Waals surface area contributed by atoms with Gasteiger partial charge in [0.15, 0.2) is 6.61 Å². The Morgan fingerprint density at radius 1 is 1.24 bits per heavy atom. The summed E-state index contributed by atoms with van der Waals surface area (Å²) in [5.41, 5.74) is 0.585. The van der Waals surface area contributed by atoms with Crippen LogP contribution in [0.15, 0.2) is 46.9 Å². The predicted molar refractivity (Wildman–Crippen MR) is 86.3 cm³/mol. The number of rotatable bonds is 5. The number of carbonyl (C=O) groups excluding carboxylic acids is 1. The van der Waals surface area contributed by atoms with Gasteiger partial charge in [0.1, 0.15) is 11.5 Å². The van der Waals surface area contributed by atoms with E-state index in [2.05, 4.69) is 21.2 Å². The maximum Gasteiger partial charge on any atom is 0.262 e. The molecule has 4 nitrogen and oxygen atoms in total. The topological polar surface area (TPSA) is 47.6 Å². The van der Waals surface area contributed by atoms with Crippen LogP contribution in [0.1, 0.15) is 0 Å². The fraction of sp³-hybridized carbons (Fsp3) is 0.133. The summed E-state index contributed by atoms with van der Waals surface area (Å²) in [5, 5.41) is 3.14. The number of amides is 1. The van der Waals surface area contributed by atoms with Crippen LogP contribution in [0.25, 0.3) is 0 Å². The molecule has 0 aromatic heterocycles. The molecule has 2 aromatic rings. The van der Waals surface area contributed by atoms with E-state index in [9.17, 15) is 4.79 Å². The summed E-state index contributed by atoms with van der Waals surface area (Å²) in [6.45, 7) is -0.0910. The summed E-state index contributed by atoms with van der Waals surface area (Å²) in [5.74, 6) is 0.895.